The molecule has 1 fully saturated rings. The summed E-state index contributed by atoms with van der Waals surface area (Å²) in [6.07, 6.45) is 1.87. The number of amides is 1. The number of carbonyl (C=O) groups excluding carboxylic acids is 1. The van der Waals surface area contributed by atoms with E-state index in [9.17, 15) is 17.6 Å². The van der Waals surface area contributed by atoms with E-state index in [2.05, 4.69) is 19.2 Å². The maximum atomic E-state index is 13.2. The Hall–Kier alpha value is -1.18. The van der Waals surface area contributed by atoms with Crippen molar-refractivity contribution in [2.24, 2.45) is 11.8 Å². The zero-order valence-electron chi connectivity index (χ0n) is 14.5. The summed E-state index contributed by atoms with van der Waals surface area (Å²) < 4.78 is 39.8. The first-order chi connectivity index (χ1) is 11.7. The van der Waals surface area contributed by atoms with Crippen LogP contribution in [0, 0.1) is 17.7 Å². The quantitative estimate of drug-likeness (QED) is 0.811. The summed E-state index contributed by atoms with van der Waals surface area (Å²) in [6.45, 7) is 5.36. The highest BCUT2D eigenvalue weighted by molar-refractivity contribution is 7.89. The fraction of sp³-hybridized carbons (Fsp3) is 0.588. The largest absolute Gasteiger partial charge is 0.356 e. The van der Waals surface area contributed by atoms with Crippen LogP contribution in [0.4, 0.5) is 4.39 Å². The van der Waals surface area contributed by atoms with Gasteiger partial charge in [0.15, 0.2) is 0 Å². The molecule has 1 amide bonds. The number of halogens is 2. The number of benzene rings is 1. The van der Waals surface area contributed by atoms with Crippen molar-refractivity contribution in [3.05, 3.63) is 29.0 Å². The van der Waals surface area contributed by atoms with E-state index in [1.165, 1.54) is 10.4 Å². The van der Waals surface area contributed by atoms with E-state index in [4.69, 9.17) is 11.6 Å². The van der Waals surface area contributed by atoms with Crippen molar-refractivity contribution in [2.45, 2.75) is 38.0 Å². The zero-order chi connectivity index (χ0) is 18.6. The van der Waals surface area contributed by atoms with Gasteiger partial charge in [-0.05, 0) is 43.4 Å². The minimum atomic E-state index is -3.73. The highest BCUT2D eigenvalue weighted by Crippen LogP contribution is 2.26. The van der Waals surface area contributed by atoms with Gasteiger partial charge in [0.1, 0.15) is 5.82 Å². The maximum absolute atomic E-state index is 13.2. The van der Waals surface area contributed by atoms with Crippen LogP contribution in [-0.2, 0) is 14.8 Å². The Morgan fingerprint density at radius 2 is 2.00 bits per heavy atom. The van der Waals surface area contributed by atoms with Crippen LogP contribution in [0.15, 0.2) is 23.1 Å². The summed E-state index contributed by atoms with van der Waals surface area (Å²) in [4.78, 5) is 12.1. The number of rotatable bonds is 6. The van der Waals surface area contributed by atoms with Crippen LogP contribution in [0.2, 0.25) is 5.02 Å². The average molecular weight is 391 g/mol. The number of piperidine rings is 1. The Bertz CT molecular complexity index is 717. The van der Waals surface area contributed by atoms with Crippen LogP contribution >= 0.6 is 11.6 Å². The van der Waals surface area contributed by atoms with Crippen LogP contribution < -0.4 is 5.32 Å². The molecule has 25 heavy (non-hydrogen) atoms. The van der Waals surface area contributed by atoms with E-state index in [0.29, 0.717) is 25.3 Å². The minimum Gasteiger partial charge on any atom is -0.356 e. The maximum Gasteiger partial charge on any atom is 0.243 e. The van der Waals surface area contributed by atoms with Gasteiger partial charge in [-0.15, -0.1) is 0 Å². The molecule has 0 aromatic heterocycles. The first kappa shape index (κ1) is 20.1. The smallest absolute Gasteiger partial charge is 0.243 e. The molecule has 1 aliphatic rings. The summed E-state index contributed by atoms with van der Waals surface area (Å²) >= 11 is 5.68. The van der Waals surface area contributed by atoms with Gasteiger partial charge in [0.25, 0.3) is 0 Å². The monoisotopic (exact) mass is 390 g/mol. The second kappa shape index (κ2) is 8.47. The summed E-state index contributed by atoms with van der Waals surface area (Å²) in [5.74, 6) is -0.315. The van der Waals surface area contributed by atoms with Crippen LogP contribution in [-0.4, -0.2) is 38.3 Å². The molecule has 5 nitrogen and oxygen atoms in total. The molecule has 1 heterocycles. The lowest BCUT2D eigenvalue weighted by Crippen LogP contribution is -2.43. The summed E-state index contributed by atoms with van der Waals surface area (Å²) in [5.41, 5.74) is 0. The van der Waals surface area contributed by atoms with Gasteiger partial charge in [0.2, 0.25) is 15.9 Å². The number of nitrogens with one attached hydrogen (secondary N) is 1. The van der Waals surface area contributed by atoms with Gasteiger partial charge < -0.3 is 5.32 Å². The van der Waals surface area contributed by atoms with E-state index >= 15 is 0 Å². The SMILES string of the molecule is CC(C)CCNC(=O)C1CCN(S(=O)(=O)c2ccc(F)c(Cl)c2)CC1. The topological polar surface area (TPSA) is 66.5 Å². The van der Waals surface area contributed by atoms with E-state index in [1.54, 1.807) is 0 Å². The number of nitrogens with zero attached hydrogens (tertiary/aromatic N) is 1. The second-order valence-corrected chi connectivity index (χ2v) is 9.07. The standard InChI is InChI=1S/C17H24ClFN2O3S/c1-12(2)5-8-20-17(22)13-6-9-21(10-7-13)25(23,24)14-3-4-16(19)15(18)11-14/h3-4,11-13H,5-10H2,1-2H3,(H,20,22). The Labute approximate surface area is 153 Å². The lowest BCUT2D eigenvalue weighted by atomic mass is 9.97. The molecule has 1 saturated heterocycles. The molecule has 140 valence electrons. The molecule has 0 aliphatic carbocycles. The molecule has 2 rings (SSSR count). The van der Waals surface area contributed by atoms with Gasteiger partial charge in [0, 0.05) is 25.6 Å². The molecule has 1 aliphatic heterocycles. The number of carbonyl (C=O) groups is 1. The molecule has 1 aromatic carbocycles. The molecule has 8 heteroatoms. The molecule has 0 spiro atoms. The third kappa shape index (κ3) is 5.15. The number of sulfonamides is 1. The van der Waals surface area contributed by atoms with Crippen molar-refractivity contribution in [2.75, 3.05) is 19.6 Å². The van der Waals surface area contributed by atoms with E-state index in [0.717, 1.165) is 18.6 Å². The highest BCUT2D eigenvalue weighted by Gasteiger charge is 2.32. The summed E-state index contributed by atoms with van der Waals surface area (Å²) in [7, 11) is -3.73. The third-order valence-corrected chi connectivity index (χ3v) is 6.56. The van der Waals surface area contributed by atoms with Gasteiger partial charge >= 0.3 is 0 Å². The highest BCUT2D eigenvalue weighted by atomic mass is 35.5. The van der Waals surface area contributed by atoms with E-state index in [-0.39, 0.29) is 34.8 Å². The van der Waals surface area contributed by atoms with Gasteiger partial charge in [-0.1, -0.05) is 25.4 Å². The van der Waals surface area contributed by atoms with Gasteiger partial charge in [-0.25, -0.2) is 12.8 Å². The van der Waals surface area contributed by atoms with Crippen LogP contribution in [0.1, 0.15) is 33.1 Å². The van der Waals surface area contributed by atoms with Gasteiger partial charge in [-0.3, -0.25) is 4.79 Å². The summed E-state index contributed by atoms with van der Waals surface area (Å²) in [5, 5.41) is 2.69. The number of hydrogen-bond acceptors (Lipinski definition) is 3. The van der Waals surface area contributed by atoms with Gasteiger partial charge in [-0.2, -0.15) is 4.31 Å². The first-order valence-corrected chi connectivity index (χ1v) is 10.3. The normalized spacial score (nSPS) is 17.0. The molecular weight excluding hydrogens is 367 g/mol. The van der Waals surface area contributed by atoms with E-state index in [1.807, 2.05) is 0 Å². The molecular formula is C17H24ClFN2O3S. The molecule has 0 unspecified atom stereocenters. The van der Waals surface area contributed by atoms with Crippen molar-refractivity contribution >= 4 is 27.5 Å². The van der Waals surface area contributed by atoms with Crippen molar-refractivity contribution in [3.63, 3.8) is 0 Å². The zero-order valence-corrected chi connectivity index (χ0v) is 16.0. The molecule has 1 aromatic rings. The first-order valence-electron chi connectivity index (χ1n) is 8.44. The lowest BCUT2D eigenvalue weighted by Gasteiger charge is -2.30. The molecule has 0 atom stereocenters. The Kier molecular flexibility index (Phi) is 6.82. The van der Waals surface area contributed by atoms with Crippen LogP contribution in [0.5, 0.6) is 0 Å². The van der Waals surface area contributed by atoms with Crippen LogP contribution in [0.3, 0.4) is 0 Å². The molecule has 0 radical (unpaired) electrons. The Morgan fingerprint density at radius 3 is 2.56 bits per heavy atom. The predicted molar refractivity (Wildman–Crippen MR) is 95.4 cm³/mol. The molecule has 0 saturated carbocycles. The Balaban J connectivity index is 1.94. The second-order valence-electron chi connectivity index (χ2n) is 6.73. The fourth-order valence-electron chi connectivity index (χ4n) is 2.77. The lowest BCUT2D eigenvalue weighted by molar-refractivity contribution is -0.126. The number of hydrogen-bond donors (Lipinski definition) is 1. The molecule has 0 bridgehead atoms. The summed E-state index contributed by atoms with van der Waals surface area (Å²) in [6, 6.07) is 3.38. The molecule has 1 N–H and O–H groups in total. The van der Waals surface area contributed by atoms with Crippen molar-refractivity contribution in [1.82, 2.24) is 9.62 Å². The Morgan fingerprint density at radius 1 is 1.36 bits per heavy atom. The van der Waals surface area contributed by atoms with Crippen LogP contribution in [0.25, 0.3) is 0 Å². The predicted octanol–water partition coefficient (Wildman–Crippen LogP) is 3.04. The van der Waals surface area contributed by atoms with Crippen molar-refractivity contribution in [1.29, 1.82) is 0 Å². The third-order valence-electron chi connectivity index (χ3n) is 4.37. The van der Waals surface area contributed by atoms with Crippen molar-refractivity contribution < 1.29 is 17.6 Å². The minimum absolute atomic E-state index is 0.0116. The fourth-order valence-corrected chi connectivity index (χ4v) is 4.51. The van der Waals surface area contributed by atoms with E-state index < -0.39 is 15.8 Å². The van der Waals surface area contributed by atoms with Crippen molar-refractivity contribution in [3.8, 4) is 0 Å². The average Bonchev–Trinajstić information content (AvgIpc) is 2.57. The van der Waals surface area contributed by atoms with Gasteiger partial charge in [0.05, 0.1) is 9.92 Å².